The van der Waals surface area contributed by atoms with Crippen molar-refractivity contribution in [2.75, 3.05) is 6.61 Å². The summed E-state index contributed by atoms with van der Waals surface area (Å²) in [6.45, 7) is 3.98. The van der Waals surface area contributed by atoms with Gasteiger partial charge in [-0.3, -0.25) is 0 Å². The van der Waals surface area contributed by atoms with E-state index < -0.39 is 6.10 Å². The number of fused-ring (bicyclic) bond motifs is 1. The fourth-order valence-corrected chi connectivity index (χ4v) is 2.46. The molecule has 0 bridgehead atoms. The summed E-state index contributed by atoms with van der Waals surface area (Å²) in [4.78, 5) is 20.4. The second kappa shape index (κ2) is 8.68. The van der Waals surface area contributed by atoms with Crippen molar-refractivity contribution in [3.8, 4) is 17.4 Å². The molecule has 0 saturated heterocycles. The standard InChI is InChI=1S/C20H19ClN2O4/c1-3-10-25-20(24)13(2)26-15-5-7-16(8-6-15)27-19-12-22-18-11-14(21)4-9-17(18)23-19/h4-9,11-13H,3,10H2,1-2H3. The molecule has 0 aliphatic carbocycles. The Bertz CT molecular complexity index is 931. The van der Waals surface area contributed by atoms with Gasteiger partial charge in [-0.15, -0.1) is 0 Å². The van der Waals surface area contributed by atoms with Gasteiger partial charge in [0, 0.05) is 5.02 Å². The van der Waals surface area contributed by atoms with Crippen molar-refractivity contribution in [1.29, 1.82) is 0 Å². The van der Waals surface area contributed by atoms with Crippen molar-refractivity contribution in [2.24, 2.45) is 0 Å². The molecule has 0 saturated carbocycles. The summed E-state index contributed by atoms with van der Waals surface area (Å²) >= 11 is 5.94. The highest BCUT2D eigenvalue weighted by molar-refractivity contribution is 6.31. The highest BCUT2D eigenvalue weighted by atomic mass is 35.5. The van der Waals surface area contributed by atoms with Gasteiger partial charge in [-0.1, -0.05) is 18.5 Å². The first-order valence-electron chi connectivity index (χ1n) is 8.58. The summed E-state index contributed by atoms with van der Waals surface area (Å²) in [7, 11) is 0. The molecule has 7 heteroatoms. The monoisotopic (exact) mass is 386 g/mol. The maximum absolute atomic E-state index is 11.7. The fraction of sp³-hybridized carbons (Fsp3) is 0.250. The van der Waals surface area contributed by atoms with Gasteiger partial charge >= 0.3 is 5.97 Å². The first-order valence-corrected chi connectivity index (χ1v) is 8.96. The van der Waals surface area contributed by atoms with E-state index in [0.717, 1.165) is 6.42 Å². The Morgan fingerprint density at radius 1 is 1.11 bits per heavy atom. The van der Waals surface area contributed by atoms with Crippen LogP contribution in [0.4, 0.5) is 0 Å². The molecule has 0 aliphatic rings. The van der Waals surface area contributed by atoms with Gasteiger partial charge in [0.15, 0.2) is 6.10 Å². The summed E-state index contributed by atoms with van der Waals surface area (Å²) in [5.74, 6) is 1.10. The number of carbonyl (C=O) groups is 1. The molecule has 0 aliphatic heterocycles. The smallest absolute Gasteiger partial charge is 0.347 e. The number of aromatic nitrogens is 2. The minimum atomic E-state index is -0.679. The molecule has 0 amide bonds. The first kappa shape index (κ1) is 18.9. The normalized spacial score (nSPS) is 11.8. The second-order valence-corrected chi connectivity index (χ2v) is 6.28. The lowest BCUT2D eigenvalue weighted by Gasteiger charge is -2.14. The largest absolute Gasteiger partial charge is 0.479 e. The van der Waals surface area contributed by atoms with Gasteiger partial charge in [-0.05, 0) is 55.8 Å². The van der Waals surface area contributed by atoms with Gasteiger partial charge in [0.05, 0.1) is 23.8 Å². The molecule has 140 valence electrons. The molecule has 27 heavy (non-hydrogen) atoms. The summed E-state index contributed by atoms with van der Waals surface area (Å²) in [6, 6.07) is 12.2. The summed E-state index contributed by atoms with van der Waals surface area (Å²) in [5, 5.41) is 0.605. The van der Waals surface area contributed by atoms with Crippen molar-refractivity contribution in [2.45, 2.75) is 26.4 Å². The molecular weight excluding hydrogens is 368 g/mol. The third-order valence-electron chi connectivity index (χ3n) is 3.62. The fourth-order valence-electron chi connectivity index (χ4n) is 2.30. The number of hydrogen-bond acceptors (Lipinski definition) is 6. The number of halogens is 1. The highest BCUT2D eigenvalue weighted by Crippen LogP contribution is 2.25. The number of hydrogen-bond donors (Lipinski definition) is 0. The number of carbonyl (C=O) groups excluding carboxylic acids is 1. The maximum atomic E-state index is 11.7. The molecule has 2 aromatic carbocycles. The van der Waals surface area contributed by atoms with Crippen LogP contribution in [0.1, 0.15) is 20.3 Å². The molecule has 0 spiro atoms. The molecule has 1 heterocycles. The molecule has 3 aromatic rings. The zero-order valence-corrected chi connectivity index (χ0v) is 15.8. The Labute approximate surface area is 162 Å². The lowest BCUT2D eigenvalue weighted by atomic mass is 10.3. The van der Waals surface area contributed by atoms with Gasteiger partial charge in [-0.2, -0.15) is 0 Å². The number of nitrogens with zero attached hydrogens (tertiary/aromatic N) is 2. The van der Waals surface area contributed by atoms with Crippen molar-refractivity contribution < 1.29 is 19.0 Å². The Morgan fingerprint density at radius 2 is 1.85 bits per heavy atom. The van der Waals surface area contributed by atoms with Gasteiger partial charge in [0.25, 0.3) is 0 Å². The molecule has 3 rings (SSSR count). The van der Waals surface area contributed by atoms with E-state index in [1.54, 1.807) is 49.4 Å². The Morgan fingerprint density at radius 3 is 2.59 bits per heavy atom. The van der Waals surface area contributed by atoms with Crippen molar-refractivity contribution in [3.05, 3.63) is 53.7 Å². The molecule has 0 N–H and O–H groups in total. The number of ether oxygens (including phenoxy) is 3. The second-order valence-electron chi connectivity index (χ2n) is 5.84. The van der Waals surface area contributed by atoms with E-state index in [9.17, 15) is 4.79 Å². The van der Waals surface area contributed by atoms with E-state index in [1.165, 1.54) is 6.20 Å². The highest BCUT2D eigenvalue weighted by Gasteiger charge is 2.16. The van der Waals surface area contributed by atoms with Crippen molar-refractivity contribution >= 4 is 28.6 Å². The van der Waals surface area contributed by atoms with Gasteiger partial charge in [0.2, 0.25) is 5.88 Å². The summed E-state index contributed by atoms with van der Waals surface area (Å²) in [6.07, 6.45) is 1.63. The molecule has 0 fully saturated rings. The van der Waals surface area contributed by atoms with Crippen LogP contribution in [0.2, 0.25) is 5.02 Å². The van der Waals surface area contributed by atoms with Crippen molar-refractivity contribution in [3.63, 3.8) is 0 Å². The third kappa shape index (κ3) is 5.08. The average molecular weight is 387 g/mol. The van der Waals surface area contributed by atoms with E-state index in [0.29, 0.717) is 40.0 Å². The van der Waals surface area contributed by atoms with Crippen LogP contribution in [0, 0.1) is 0 Å². The first-order chi connectivity index (χ1) is 13.0. The molecule has 1 aromatic heterocycles. The third-order valence-corrected chi connectivity index (χ3v) is 3.86. The van der Waals surface area contributed by atoms with Gasteiger partial charge in [-0.25, -0.2) is 14.8 Å². The summed E-state index contributed by atoms with van der Waals surface area (Å²) in [5.41, 5.74) is 1.39. The van der Waals surface area contributed by atoms with Crippen LogP contribution in [0.5, 0.6) is 17.4 Å². The van der Waals surface area contributed by atoms with E-state index in [1.807, 2.05) is 6.92 Å². The van der Waals surface area contributed by atoms with Crippen molar-refractivity contribution in [1.82, 2.24) is 9.97 Å². The molecule has 6 nitrogen and oxygen atoms in total. The van der Waals surface area contributed by atoms with E-state index >= 15 is 0 Å². The van der Waals surface area contributed by atoms with E-state index in [4.69, 9.17) is 25.8 Å². The quantitative estimate of drug-likeness (QED) is 0.543. The maximum Gasteiger partial charge on any atom is 0.347 e. The van der Waals surface area contributed by atoms with E-state index in [-0.39, 0.29) is 5.97 Å². The van der Waals surface area contributed by atoms with Crippen LogP contribution in [-0.4, -0.2) is 28.6 Å². The Kier molecular flexibility index (Phi) is 6.08. The Balaban J connectivity index is 1.63. The lowest BCUT2D eigenvalue weighted by Crippen LogP contribution is -2.26. The molecule has 1 atom stereocenters. The van der Waals surface area contributed by atoms with Crippen LogP contribution in [0.15, 0.2) is 48.7 Å². The zero-order chi connectivity index (χ0) is 19.2. The van der Waals surface area contributed by atoms with Crippen LogP contribution >= 0.6 is 11.6 Å². The van der Waals surface area contributed by atoms with Crippen LogP contribution in [-0.2, 0) is 9.53 Å². The van der Waals surface area contributed by atoms with E-state index in [2.05, 4.69) is 9.97 Å². The predicted octanol–water partition coefficient (Wildman–Crippen LogP) is 4.80. The molecule has 1 unspecified atom stereocenters. The number of esters is 1. The molecular formula is C20H19ClN2O4. The van der Waals surface area contributed by atoms with Crippen LogP contribution in [0.3, 0.4) is 0 Å². The number of benzene rings is 2. The summed E-state index contributed by atoms with van der Waals surface area (Å²) < 4.78 is 16.4. The lowest BCUT2D eigenvalue weighted by molar-refractivity contribution is -0.151. The molecule has 0 radical (unpaired) electrons. The predicted molar refractivity (Wildman–Crippen MR) is 102 cm³/mol. The SMILES string of the molecule is CCCOC(=O)C(C)Oc1ccc(Oc2cnc3cc(Cl)ccc3n2)cc1. The minimum absolute atomic E-state index is 0.370. The van der Waals surface area contributed by atoms with Crippen LogP contribution in [0.25, 0.3) is 11.0 Å². The van der Waals surface area contributed by atoms with Gasteiger partial charge in [0.1, 0.15) is 11.5 Å². The average Bonchev–Trinajstić information content (AvgIpc) is 2.67. The Hall–Kier alpha value is -2.86. The zero-order valence-electron chi connectivity index (χ0n) is 15.0. The number of rotatable bonds is 7. The minimum Gasteiger partial charge on any atom is -0.479 e. The van der Waals surface area contributed by atoms with Crippen LogP contribution < -0.4 is 9.47 Å². The topological polar surface area (TPSA) is 70.5 Å². The van der Waals surface area contributed by atoms with Gasteiger partial charge < -0.3 is 14.2 Å².